The molecule has 2 aromatic carbocycles. The Kier molecular flexibility index (Phi) is 3.82. The van der Waals surface area contributed by atoms with Crippen molar-refractivity contribution >= 4 is 23.2 Å². The lowest BCUT2D eigenvalue weighted by Crippen LogP contribution is -1.92. The van der Waals surface area contributed by atoms with E-state index in [0.717, 1.165) is 11.1 Å². The average molecular weight is 321 g/mol. The van der Waals surface area contributed by atoms with Gasteiger partial charge in [0.2, 0.25) is 0 Å². The zero-order valence-corrected chi connectivity index (χ0v) is 12.3. The predicted octanol–water partition coefficient (Wildman–Crippen LogP) is 4.34. The smallest absolute Gasteiger partial charge is 0.257 e. The first-order valence-corrected chi connectivity index (χ1v) is 6.93. The number of halogens is 2. The molecule has 0 bridgehead atoms. The maximum absolute atomic E-state index is 9.26. The van der Waals surface area contributed by atoms with E-state index >= 15 is 0 Å². The van der Waals surface area contributed by atoms with Crippen molar-refractivity contribution in [3.63, 3.8) is 0 Å². The van der Waals surface area contributed by atoms with Gasteiger partial charge in [0.1, 0.15) is 5.75 Å². The van der Waals surface area contributed by atoms with Crippen molar-refractivity contribution < 1.29 is 9.63 Å². The number of aromatic hydroxyl groups is 1. The maximum Gasteiger partial charge on any atom is 0.257 e. The molecule has 4 nitrogen and oxygen atoms in total. The molecule has 0 spiro atoms. The lowest BCUT2D eigenvalue weighted by Gasteiger charge is -2.00. The van der Waals surface area contributed by atoms with Crippen LogP contribution in [0.1, 0.15) is 11.4 Å². The molecule has 21 heavy (non-hydrogen) atoms. The topological polar surface area (TPSA) is 59.2 Å². The second-order valence-electron chi connectivity index (χ2n) is 4.48. The van der Waals surface area contributed by atoms with E-state index in [2.05, 4.69) is 10.1 Å². The molecule has 0 aliphatic carbocycles. The highest BCUT2D eigenvalue weighted by Crippen LogP contribution is 2.24. The monoisotopic (exact) mass is 320 g/mol. The molecule has 0 amide bonds. The van der Waals surface area contributed by atoms with Crippen LogP contribution in [0.2, 0.25) is 10.0 Å². The Balaban J connectivity index is 1.83. The second kappa shape index (κ2) is 5.76. The third-order valence-electron chi connectivity index (χ3n) is 2.95. The largest absolute Gasteiger partial charge is 0.508 e. The number of rotatable bonds is 3. The van der Waals surface area contributed by atoms with Gasteiger partial charge in [0.25, 0.3) is 5.89 Å². The lowest BCUT2D eigenvalue weighted by molar-refractivity contribution is 0.423. The van der Waals surface area contributed by atoms with E-state index < -0.39 is 0 Å². The molecule has 3 rings (SSSR count). The maximum atomic E-state index is 9.26. The average Bonchev–Trinajstić information content (AvgIpc) is 2.91. The summed E-state index contributed by atoms with van der Waals surface area (Å²) in [5.74, 6) is 1.11. The van der Waals surface area contributed by atoms with E-state index in [-0.39, 0.29) is 5.75 Å². The van der Waals surface area contributed by atoms with Crippen molar-refractivity contribution in [2.75, 3.05) is 0 Å². The minimum Gasteiger partial charge on any atom is -0.508 e. The van der Waals surface area contributed by atoms with Crippen LogP contribution in [0.4, 0.5) is 0 Å². The van der Waals surface area contributed by atoms with Gasteiger partial charge >= 0.3 is 0 Å². The van der Waals surface area contributed by atoms with Crippen LogP contribution >= 0.6 is 23.2 Å². The summed E-state index contributed by atoms with van der Waals surface area (Å²) in [6.07, 6.45) is 0.456. The summed E-state index contributed by atoms with van der Waals surface area (Å²) < 4.78 is 5.21. The summed E-state index contributed by atoms with van der Waals surface area (Å²) in [6.45, 7) is 0. The van der Waals surface area contributed by atoms with Gasteiger partial charge in [-0.25, -0.2) is 0 Å². The first-order chi connectivity index (χ1) is 10.1. The molecule has 0 aliphatic heterocycles. The predicted molar refractivity (Wildman–Crippen MR) is 80.7 cm³/mol. The highest BCUT2D eigenvalue weighted by Gasteiger charge is 2.11. The highest BCUT2D eigenvalue weighted by atomic mass is 35.5. The zero-order valence-electron chi connectivity index (χ0n) is 10.8. The van der Waals surface area contributed by atoms with Crippen molar-refractivity contribution in [3.05, 3.63) is 63.9 Å². The Hall–Kier alpha value is -2.04. The molecule has 1 N–H and O–H groups in total. The lowest BCUT2D eigenvalue weighted by atomic mass is 10.1. The number of phenols is 1. The van der Waals surface area contributed by atoms with Crippen LogP contribution in [-0.4, -0.2) is 15.2 Å². The summed E-state index contributed by atoms with van der Waals surface area (Å²) in [5, 5.41) is 14.4. The van der Waals surface area contributed by atoms with Crippen molar-refractivity contribution in [3.8, 4) is 17.2 Å². The quantitative estimate of drug-likeness (QED) is 0.779. The fourth-order valence-electron chi connectivity index (χ4n) is 1.88. The van der Waals surface area contributed by atoms with E-state index in [0.29, 0.717) is 28.2 Å². The standard InChI is InChI=1S/C15H10Cl2N2O2/c16-11-4-1-10(13(17)8-11)7-14-18-15(21-19-14)9-2-5-12(20)6-3-9/h1-6,8,20H,7H2. The van der Waals surface area contributed by atoms with Gasteiger partial charge in [-0.15, -0.1) is 0 Å². The van der Waals surface area contributed by atoms with E-state index in [1.165, 1.54) is 0 Å². The fourth-order valence-corrected chi connectivity index (χ4v) is 2.36. The molecule has 0 fully saturated rings. The SMILES string of the molecule is Oc1ccc(-c2nc(Cc3ccc(Cl)cc3Cl)no2)cc1. The number of aromatic nitrogens is 2. The Labute approximate surface area is 130 Å². The second-order valence-corrected chi connectivity index (χ2v) is 5.32. The fraction of sp³-hybridized carbons (Fsp3) is 0.0667. The van der Waals surface area contributed by atoms with Gasteiger partial charge in [0.15, 0.2) is 5.82 Å². The molecule has 6 heteroatoms. The molecule has 1 heterocycles. The highest BCUT2D eigenvalue weighted by molar-refractivity contribution is 6.35. The van der Waals surface area contributed by atoms with Crippen molar-refractivity contribution in [2.24, 2.45) is 0 Å². The van der Waals surface area contributed by atoms with Gasteiger partial charge in [-0.3, -0.25) is 0 Å². The number of benzene rings is 2. The van der Waals surface area contributed by atoms with Crippen LogP contribution in [0.5, 0.6) is 5.75 Å². The van der Waals surface area contributed by atoms with E-state index in [9.17, 15) is 5.11 Å². The normalized spacial score (nSPS) is 10.8. The van der Waals surface area contributed by atoms with Gasteiger partial charge in [-0.1, -0.05) is 34.4 Å². The Morgan fingerprint density at radius 3 is 2.52 bits per heavy atom. The molecule has 0 radical (unpaired) electrons. The third-order valence-corrected chi connectivity index (χ3v) is 3.53. The number of nitrogens with zero attached hydrogens (tertiary/aromatic N) is 2. The first-order valence-electron chi connectivity index (χ1n) is 6.18. The molecule has 0 unspecified atom stereocenters. The summed E-state index contributed by atoms with van der Waals surface area (Å²) in [4.78, 5) is 4.32. The first kappa shape index (κ1) is 13.9. The van der Waals surface area contributed by atoms with Crippen LogP contribution in [0.25, 0.3) is 11.5 Å². The van der Waals surface area contributed by atoms with E-state index in [1.54, 1.807) is 36.4 Å². The molecule has 0 aliphatic rings. The van der Waals surface area contributed by atoms with Gasteiger partial charge < -0.3 is 9.63 Å². The van der Waals surface area contributed by atoms with Gasteiger partial charge in [0.05, 0.1) is 0 Å². The minimum absolute atomic E-state index is 0.187. The number of hydrogen-bond acceptors (Lipinski definition) is 4. The van der Waals surface area contributed by atoms with Crippen LogP contribution in [0.3, 0.4) is 0 Å². The van der Waals surface area contributed by atoms with Gasteiger partial charge in [0, 0.05) is 22.0 Å². The summed E-state index contributed by atoms with van der Waals surface area (Å²) in [7, 11) is 0. The summed E-state index contributed by atoms with van der Waals surface area (Å²) in [6, 6.07) is 11.8. The van der Waals surface area contributed by atoms with Crippen molar-refractivity contribution in [1.29, 1.82) is 0 Å². The molecular weight excluding hydrogens is 311 g/mol. The molecule has 0 saturated carbocycles. The van der Waals surface area contributed by atoms with E-state index in [1.807, 2.05) is 6.07 Å². The molecular formula is C15H10Cl2N2O2. The summed E-state index contributed by atoms with van der Waals surface area (Å²) >= 11 is 12.0. The van der Waals surface area contributed by atoms with Crippen molar-refractivity contribution in [2.45, 2.75) is 6.42 Å². The molecule has 0 saturated heterocycles. The zero-order chi connectivity index (χ0) is 14.8. The van der Waals surface area contributed by atoms with E-state index in [4.69, 9.17) is 27.7 Å². The molecule has 3 aromatic rings. The summed E-state index contributed by atoms with van der Waals surface area (Å²) in [5.41, 5.74) is 1.62. The third kappa shape index (κ3) is 3.17. The van der Waals surface area contributed by atoms with Gasteiger partial charge in [-0.2, -0.15) is 4.98 Å². The number of hydrogen-bond donors (Lipinski definition) is 1. The molecule has 1 aromatic heterocycles. The Bertz CT molecular complexity index is 770. The Morgan fingerprint density at radius 2 is 1.81 bits per heavy atom. The number of phenolic OH excluding ortho intramolecular Hbond substituents is 1. The van der Waals surface area contributed by atoms with Crippen LogP contribution in [-0.2, 0) is 6.42 Å². The van der Waals surface area contributed by atoms with Crippen LogP contribution in [0.15, 0.2) is 47.0 Å². The van der Waals surface area contributed by atoms with Gasteiger partial charge in [-0.05, 0) is 42.0 Å². The van der Waals surface area contributed by atoms with Crippen molar-refractivity contribution in [1.82, 2.24) is 10.1 Å². The molecule has 106 valence electrons. The molecule has 0 atom stereocenters. The van der Waals surface area contributed by atoms with Crippen LogP contribution in [0, 0.1) is 0 Å². The van der Waals surface area contributed by atoms with Crippen LogP contribution < -0.4 is 0 Å². The minimum atomic E-state index is 0.187. The Morgan fingerprint density at radius 1 is 1.05 bits per heavy atom.